The standard InChI is InChI=1S/C16H31N3O2/c1-12-9-19(10-13(2)17(12)6)14-7-8-18(11-14)15(20)21-16(3,4)5/h12-14H,7-11H2,1-6H3/t12-,13-,14+/m0/s1. The molecule has 2 fully saturated rings. The smallest absolute Gasteiger partial charge is 0.410 e. The number of hydrogen-bond donors (Lipinski definition) is 0. The summed E-state index contributed by atoms with van der Waals surface area (Å²) in [5.74, 6) is 0. The first-order valence-electron chi connectivity index (χ1n) is 8.11. The van der Waals surface area contributed by atoms with Crippen molar-refractivity contribution in [2.24, 2.45) is 0 Å². The number of hydrogen-bond acceptors (Lipinski definition) is 4. The minimum atomic E-state index is -0.411. The lowest BCUT2D eigenvalue weighted by Gasteiger charge is -2.44. The number of rotatable bonds is 1. The largest absolute Gasteiger partial charge is 0.444 e. The highest BCUT2D eigenvalue weighted by atomic mass is 16.6. The van der Waals surface area contributed by atoms with E-state index in [2.05, 4.69) is 30.7 Å². The maximum absolute atomic E-state index is 12.1. The molecule has 0 aromatic carbocycles. The van der Waals surface area contributed by atoms with Crippen LogP contribution in [0.5, 0.6) is 0 Å². The van der Waals surface area contributed by atoms with Gasteiger partial charge in [0.05, 0.1) is 0 Å². The number of likely N-dealkylation sites (N-methyl/N-ethyl adjacent to an activating group) is 1. The number of nitrogens with zero attached hydrogens (tertiary/aromatic N) is 3. The van der Waals surface area contributed by atoms with Gasteiger partial charge in [0.1, 0.15) is 5.60 Å². The summed E-state index contributed by atoms with van der Waals surface area (Å²) < 4.78 is 5.48. The summed E-state index contributed by atoms with van der Waals surface area (Å²) in [7, 11) is 2.20. The number of carbonyl (C=O) groups is 1. The lowest BCUT2D eigenvalue weighted by molar-refractivity contribution is 0.0210. The monoisotopic (exact) mass is 297 g/mol. The fourth-order valence-corrected chi connectivity index (χ4v) is 3.28. The molecule has 0 spiro atoms. The first-order valence-corrected chi connectivity index (χ1v) is 8.11. The third kappa shape index (κ3) is 4.10. The average molecular weight is 297 g/mol. The molecule has 5 heteroatoms. The summed E-state index contributed by atoms with van der Waals surface area (Å²) in [6.45, 7) is 14.1. The molecule has 0 aliphatic carbocycles. The van der Waals surface area contributed by atoms with Gasteiger partial charge in [-0.15, -0.1) is 0 Å². The van der Waals surface area contributed by atoms with Crippen molar-refractivity contribution in [2.75, 3.05) is 33.2 Å². The van der Waals surface area contributed by atoms with Crippen LogP contribution in [-0.2, 0) is 4.74 Å². The van der Waals surface area contributed by atoms with Crippen molar-refractivity contribution in [1.29, 1.82) is 0 Å². The van der Waals surface area contributed by atoms with E-state index in [1.54, 1.807) is 0 Å². The molecular weight excluding hydrogens is 266 g/mol. The molecule has 21 heavy (non-hydrogen) atoms. The minimum absolute atomic E-state index is 0.166. The Kier molecular flexibility index (Phi) is 4.83. The van der Waals surface area contributed by atoms with Crippen molar-refractivity contribution in [3.63, 3.8) is 0 Å². The van der Waals surface area contributed by atoms with Crippen LogP contribution in [0.3, 0.4) is 0 Å². The second-order valence-corrected chi connectivity index (χ2v) is 7.69. The Hall–Kier alpha value is -0.810. The lowest BCUT2D eigenvalue weighted by atomic mass is 10.1. The molecular formula is C16H31N3O2. The predicted octanol–water partition coefficient (Wildman–Crippen LogP) is 2.02. The molecule has 0 aromatic rings. The summed E-state index contributed by atoms with van der Waals surface area (Å²) in [6.07, 6.45) is 0.891. The van der Waals surface area contributed by atoms with E-state index in [1.807, 2.05) is 25.7 Å². The molecule has 2 aliphatic heterocycles. The lowest BCUT2D eigenvalue weighted by Crippen LogP contribution is -2.58. The van der Waals surface area contributed by atoms with Crippen molar-refractivity contribution in [3.8, 4) is 0 Å². The quantitative estimate of drug-likeness (QED) is 0.742. The highest BCUT2D eigenvalue weighted by Gasteiger charge is 2.36. The van der Waals surface area contributed by atoms with Gasteiger partial charge in [-0.2, -0.15) is 0 Å². The number of piperazine rings is 1. The van der Waals surface area contributed by atoms with Crippen molar-refractivity contribution in [3.05, 3.63) is 0 Å². The molecule has 3 atom stereocenters. The van der Waals surface area contributed by atoms with E-state index in [0.29, 0.717) is 18.1 Å². The summed E-state index contributed by atoms with van der Waals surface area (Å²) >= 11 is 0. The van der Waals surface area contributed by atoms with Crippen LogP contribution in [0.4, 0.5) is 4.79 Å². The van der Waals surface area contributed by atoms with Crippen LogP contribution in [0, 0.1) is 0 Å². The van der Waals surface area contributed by atoms with Gasteiger partial charge < -0.3 is 9.64 Å². The molecule has 0 aromatic heterocycles. The Morgan fingerprint density at radius 3 is 2.19 bits per heavy atom. The zero-order valence-corrected chi connectivity index (χ0v) is 14.4. The molecule has 122 valence electrons. The van der Waals surface area contributed by atoms with Gasteiger partial charge in [-0.25, -0.2) is 4.79 Å². The van der Waals surface area contributed by atoms with Crippen molar-refractivity contribution in [1.82, 2.24) is 14.7 Å². The average Bonchev–Trinajstić information content (AvgIpc) is 2.82. The highest BCUT2D eigenvalue weighted by Crippen LogP contribution is 2.23. The van der Waals surface area contributed by atoms with Crippen LogP contribution in [0.25, 0.3) is 0 Å². The summed E-state index contributed by atoms with van der Waals surface area (Å²) in [5, 5.41) is 0. The van der Waals surface area contributed by atoms with E-state index in [4.69, 9.17) is 4.74 Å². The minimum Gasteiger partial charge on any atom is -0.444 e. The number of amides is 1. The van der Waals surface area contributed by atoms with E-state index in [0.717, 1.165) is 32.6 Å². The first-order chi connectivity index (χ1) is 9.67. The summed E-state index contributed by atoms with van der Waals surface area (Å²) in [6, 6.07) is 1.63. The fourth-order valence-electron chi connectivity index (χ4n) is 3.28. The van der Waals surface area contributed by atoms with Crippen molar-refractivity contribution < 1.29 is 9.53 Å². The maximum Gasteiger partial charge on any atom is 0.410 e. The summed E-state index contributed by atoms with van der Waals surface area (Å²) in [4.78, 5) is 19.0. The van der Waals surface area contributed by atoms with E-state index >= 15 is 0 Å². The molecule has 0 radical (unpaired) electrons. The third-order valence-electron chi connectivity index (χ3n) is 4.72. The van der Waals surface area contributed by atoms with Crippen LogP contribution in [0.15, 0.2) is 0 Å². The van der Waals surface area contributed by atoms with Gasteiger partial charge in [0.25, 0.3) is 0 Å². The van der Waals surface area contributed by atoms with Crippen molar-refractivity contribution in [2.45, 2.75) is 64.8 Å². The third-order valence-corrected chi connectivity index (χ3v) is 4.72. The van der Waals surface area contributed by atoms with Gasteiger partial charge in [-0.05, 0) is 48.1 Å². The van der Waals surface area contributed by atoms with E-state index in [1.165, 1.54) is 0 Å². The topological polar surface area (TPSA) is 36.0 Å². The second kappa shape index (κ2) is 6.13. The molecule has 2 saturated heterocycles. The van der Waals surface area contributed by atoms with Gasteiger partial charge >= 0.3 is 6.09 Å². The van der Waals surface area contributed by atoms with Crippen LogP contribution in [0.2, 0.25) is 0 Å². The molecule has 5 nitrogen and oxygen atoms in total. The zero-order chi connectivity index (χ0) is 15.8. The molecule has 0 saturated carbocycles. The van der Waals surface area contributed by atoms with Crippen LogP contribution < -0.4 is 0 Å². The van der Waals surface area contributed by atoms with E-state index in [-0.39, 0.29) is 6.09 Å². The first kappa shape index (κ1) is 16.6. The van der Waals surface area contributed by atoms with Gasteiger partial charge in [0.15, 0.2) is 0 Å². The normalized spacial score (nSPS) is 32.5. The molecule has 0 unspecified atom stereocenters. The number of likely N-dealkylation sites (tertiary alicyclic amines) is 1. The number of carbonyl (C=O) groups excluding carboxylic acids is 1. The molecule has 2 aliphatic rings. The SMILES string of the molecule is C[C@H]1CN([C@@H]2CCN(C(=O)OC(C)(C)C)C2)C[C@H](C)N1C. The van der Waals surface area contributed by atoms with E-state index < -0.39 is 5.60 Å². The molecule has 2 heterocycles. The molecule has 2 rings (SSSR count). The predicted molar refractivity (Wildman–Crippen MR) is 84.5 cm³/mol. The van der Waals surface area contributed by atoms with Crippen LogP contribution in [-0.4, -0.2) is 77.7 Å². The molecule has 0 N–H and O–H groups in total. The van der Waals surface area contributed by atoms with Gasteiger partial charge in [0.2, 0.25) is 0 Å². The van der Waals surface area contributed by atoms with Crippen molar-refractivity contribution >= 4 is 6.09 Å². The van der Waals surface area contributed by atoms with Gasteiger partial charge in [-0.1, -0.05) is 0 Å². The van der Waals surface area contributed by atoms with E-state index in [9.17, 15) is 4.79 Å². The Morgan fingerprint density at radius 1 is 1.10 bits per heavy atom. The zero-order valence-electron chi connectivity index (χ0n) is 14.4. The Morgan fingerprint density at radius 2 is 1.67 bits per heavy atom. The molecule has 1 amide bonds. The maximum atomic E-state index is 12.1. The van der Waals surface area contributed by atoms with Crippen LogP contribution >= 0.6 is 0 Å². The second-order valence-electron chi connectivity index (χ2n) is 7.69. The Labute approximate surface area is 129 Å². The molecule has 0 bridgehead atoms. The Balaban J connectivity index is 1.89. The fraction of sp³-hybridized carbons (Fsp3) is 0.938. The Bertz CT molecular complexity index is 368. The van der Waals surface area contributed by atoms with Gasteiger partial charge in [0, 0.05) is 44.3 Å². The highest BCUT2D eigenvalue weighted by molar-refractivity contribution is 5.68. The number of ether oxygens (including phenoxy) is 1. The summed E-state index contributed by atoms with van der Waals surface area (Å²) in [5.41, 5.74) is -0.411. The van der Waals surface area contributed by atoms with Gasteiger partial charge in [-0.3, -0.25) is 9.80 Å². The van der Waals surface area contributed by atoms with Crippen LogP contribution in [0.1, 0.15) is 41.0 Å².